The topological polar surface area (TPSA) is 29.1 Å². The van der Waals surface area contributed by atoms with Gasteiger partial charge in [0.1, 0.15) is 0 Å². The summed E-state index contributed by atoms with van der Waals surface area (Å²) in [6, 6.07) is 1.98. The second kappa shape index (κ2) is 4.23. The molecule has 0 fully saturated rings. The zero-order valence-corrected chi connectivity index (χ0v) is 9.42. The highest BCUT2D eigenvalue weighted by Gasteiger charge is 1.98. The zero-order valence-electron chi connectivity index (χ0n) is 5.43. The fourth-order valence-electron chi connectivity index (χ4n) is 0.603. The maximum Gasteiger partial charge on any atom is 0.287 e. The lowest BCUT2D eigenvalue weighted by Gasteiger charge is -1.94. The molecule has 0 unspecified atom stereocenters. The van der Waals surface area contributed by atoms with Crippen molar-refractivity contribution in [2.75, 3.05) is 0 Å². The van der Waals surface area contributed by atoms with Crippen LogP contribution in [0.3, 0.4) is 0 Å². The van der Waals surface area contributed by atoms with Gasteiger partial charge >= 0.3 is 0 Å². The van der Waals surface area contributed by atoms with Gasteiger partial charge in [0.15, 0.2) is 0 Å². The first-order valence-corrected chi connectivity index (χ1v) is 5.31. The molecule has 1 heterocycles. The first kappa shape index (κ1) is 9.22. The van der Waals surface area contributed by atoms with Crippen LogP contribution in [-0.4, -0.2) is 4.82 Å². The van der Waals surface area contributed by atoms with Gasteiger partial charge in [0.05, 0.1) is 6.54 Å². The SMILES string of the molecule is O=C(Br)NCc1cc(Br)cs1. The molecular weight excluding hydrogens is 294 g/mol. The number of halogens is 2. The van der Waals surface area contributed by atoms with Crippen molar-refractivity contribution in [3.8, 4) is 0 Å². The normalized spacial score (nSPS) is 9.64. The van der Waals surface area contributed by atoms with Crippen molar-refractivity contribution in [1.29, 1.82) is 0 Å². The number of thiophene rings is 1. The molecule has 1 rings (SSSR count). The molecule has 0 saturated carbocycles. The Balaban J connectivity index is 2.45. The Bertz CT molecular complexity index is 261. The van der Waals surface area contributed by atoms with Crippen molar-refractivity contribution in [3.05, 3.63) is 20.8 Å². The minimum atomic E-state index is -0.179. The van der Waals surface area contributed by atoms with E-state index in [1.54, 1.807) is 11.3 Å². The first-order valence-electron chi connectivity index (χ1n) is 2.85. The quantitative estimate of drug-likeness (QED) is 0.660. The molecule has 60 valence electrons. The van der Waals surface area contributed by atoms with Crippen LogP contribution < -0.4 is 5.32 Å². The molecule has 0 aliphatic rings. The average molecular weight is 299 g/mol. The third-order valence-electron chi connectivity index (χ3n) is 1.02. The Morgan fingerprint density at radius 3 is 2.91 bits per heavy atom. The number of carbonyl (C=O) groups is 1. The molecule has 0 atom stereocenters. The highest BCUT2D eigenvalue weighted by Crippen LogP contribution is 2.19. The minimum Gasteiger partial charge on any atom is -0.342 e. The minimum absolute atomic E-state index is 0.179. The Kier molecular flexibility index (Phi) is 3.54. The lowest BCUT2D eigenvalue weighted by molar-refractivity contribution is 0.261. The van der Waals surface area contributed by atoms with Gasteiger partial charge in [-0.05, 0) is 22.0 Å². The van der Waals surface area contributed by atoms with Gasteiger partial charge in [-0.15, -0.1) is 11.3 Å². The predicted octanol–water partition coefficient (Wildman–Crippen LogP) is 3.12. The molecule has 11 heavy (non-hydrogen) atoms. The van der Waals surface area contributed by atoms with Crippen LogP contribution in [0.1, 0.15) is 4.88 Å². The van der Waals surface area contributed by atoms with Crippen molar-refractivity contribution in [1.82, 2.24) is 5.32 Å². The molecule has 1 amide bonds. The third kappa shape index (κ3) is 3.35. The summed E-state index contributed by atoms with van der Waals surface area (Å²) in [5, 5.41) is 4.62. The summed E-state index contributed by atoms with van der Waals surface area (Å²) in [6.45, 7) is 0.584. The number of rotatable bonds is 2. The van der Waals surface area contributed by atoms with Crippen LogP contribution in [0.5, 0.6) is 0 Å². The van der Waals surface area contributed by atoms with Crippen molar-refractivity contribution >= 4 is 48.0 Å². The Morgan fingerprint density at radius 1 is 1.73 bits per heavy atom. The molecule has 1 N–H and O–H groups in total. The van der Waals surface area contributed by atoms with Gasteiger partial charge in [0.25, 0.3) is 4.82 Å². The van der Waals surface area contributed by atoms with E-state index in [0.29, 0.717) is 6.54 Å². The van der Waals surface area contributed by atoms with Gasteiger partial charge in [0.2, 0.25) is 0 Å². The highest BCUT2D eigenvalue weighted by molar-refractivity contribution is 9.18. The second-order valence-corrected chi connectivity index (χ2v) is 4.49. The third-order valence-corrected chi connectivity index (χ3v) is 3.00. The van der Waals surface area contributed by atoms with Crippen LogP contribution >= 0.6 is 43.2 Å². The summed E-state index contributed by atoms with van der Waals surface area (Å²) in [4.78, 5) is 11.4. The number of hydrogen-bond donors (Lipinski definition) is 1. The Morgan fingerprint density at radius 2 is 2.45 bits per heavy atom. The highest BCUT2D eigenvalue weighted by atomic mass is 79.9. The fraction of sp³-hybridized carbons (Fsp3) is 0.167. The van der Waals surface area contributed by atoms with E-state index in [4.69, 9.17) is 0 Å². The van der Waals surface area contributed by atoms with Crippen LogP contribution in [0.15, 0.2) is 15.9 Å². The number of hydrogen-bond acceptors (Lipinski definition) is 2. The number of carbonyl (C=O) groups excluding carboxylic acids is 1. The van der Waals surface area contributed by atoms with E-state index < -0.39 is 0 Å². The zero-order chi connectivity index (χ0) is 8.27. The molecular formula is C6H5Br2NOS. The molecule has 0 aromatic carbocycles. The summed E-state index contributed by atoms with van der Waals surface area (Å²) in [6.07, 6.45) is 0. The maximum atomic E-state index is 10.4. The van der Waals surface area contributed by atoms with Crippen LogP contribution in [0, 0.1) is 0 Å². The Labute approximate surface area is 85.2 Å². The average Bonchev–Trinajstić information content (AvgIpc) is 2.31. The summed E-state index contributed by atoms with van der Waals surface area (Å²) < 4.78 is 1.06. The molecule has 0 saturated heterocycles. The summed E-state index contributed by atoms with van der Waals surface area (Å²) in [7, 11) is 0. The molecule has 0 spiro atoms. The van der Waals surface area contributed by atoms with Crippen LogP contribution in [0.2, 0.25) is 0 Å². The monoisotopic (exact) mass is 297 g/mol. The molecule has 0 aliphatic carbocycles. The fourth-order valence-corrected chi connectivity index (χ4v) is 2.13. The van der Waals surface area contributed by atoms with Gasteiger partial charge in [-0.25, -0.2) is 0 Å². The van der Waals surface area contributed by atoms with Gasteiger partial charge in [-0.1, -0.05) is 0 Å². The van der Waals surface area contributed by atoms with Gasteiger partial charge in [-0.3, -0.25) is 4.79 Å². The van der Waals surface area contributed by atoms with Gasteiger partial charge in [0, 0.05) is 30.7 Å². The van der Waals surface area contributed by atoms with Crippen LogP contribution in [0.4, 0.5) is 4.79 Å². The van der Waals surface area contributed by atoms with Gasteiger partial charge < -0.3 is 5.32 Å². The van der Waals surface area contributed by atoms with Gasteiger partial charge in [-0.2, -0.15) is 0 Å². The molecule has 0 radical (unpaired) electrons. The van der Waals surface area contributed by atoms with E-state index in [2.05, 4.69) is 37.2 Å². The molecule has 5 heteroatoms. The standard InChI is InChI=1S/C6H5Br2NOS/c7-4-1-5(11-3-4)2-9-6(8)10/h1,3H,2H2,(H,9,10). The lowest BCUT2D eigenvalue weighted by Crippen LogP contribution is -2.13. The lowest BCUT2D eigenvalue weighted by atomic mass is 10.5. The van der Waals surface area contributed by atoms with Crippen LogP contribution in [0.25, 0.3) is 0 Å². The van der Waals surface area contributed by atoms with E-state index in [-0.39, 0.29) is 4.82 Å². The molecule has 0 aliphatic heterocycles. The summed E-state index contributed by atoms with van der Waals surface area (Å²) >= 11 is 7.72. The van der Waals surface area contributed by atoms with E-state index >= 15 is 0 Å². The number of nitrogens with one attached hydrogen (secondary N) is 1. The number of amides is 1. The molecule has 1 aromatic heterocycles. The molecule has 0 bridgehead atoms. The largest absolute Gasteiger partial charge is 0.342 e. The van der Waals surface area contributed by atoms with E-state index in [1.807, 2.05) is 11.4 Å². The predicted molar refractivity (Wildman–Crippen MR) is 53.2 cm³/mol. The van der Waals surface area contributed by atoms with Crippen molar-refractivity contribution in [2.24, 2.45) is 0 Å². The summed E-state index contributed by atoms with van der Waals surface area (Å²) in [5.41, 5.74) is 0. The molecule has 1 aromatic rings. The second-order valence-electron chi connectivity index (χ2n) is 1.86. The maximum absolute atomic E-state index is 10.4. The van der Waals surface area contributed by atoms with E-state index in [0.717, 1.165) is 9.35 Å². The van der Waals surface area contributed by atoms with Crippen LogP contribution in [-0.2, 0) is 6.54 Å². The van der Waals surface area contributed by atoms with E-state index in [1.165, 1.54) is 0 Å². The summed E-state index contributed by atoms with van der Waals surface area (Å²) in [5.74, 6) is 0. The Hall–Kier alpha value is 0.130. The first-order chi connectivity index (χ1) is 5.18. The van der Waals surface area contributed by atoms with Crippen molar-refractivity contribution in [3.63, 3.8) is 0 Å². The van der Waals surface area contributed by atoms with Crippen molar-refractivity contribution < 1.29 is 4.79 Å². The molecule has 2 nitrogen and oxygen atoms in total. The smallest absolute Gasteiger partial charge is 0.287 e. The van der Waals surface area contributed by atoms with Crippen molar-refractivity contribution in [2.45, 2.75) is 6.54 Å². The van der Waals surface area contributed by atoms with E-state index in [9.17, 15) is 4.79 Å².